The number of carbonyl (C=O) groups excluding carboxylic acids is 1. The molecule has 0 fully saturated rings. The quantitative estimate of drug-likeness (QED) is 0.117. The lowest BCUT2D eigenvalue weighted by molar-refractivity contribution is -0.130. The van der Waals surface area contributed by atoms with E-state index in [4.69, 9.17) is 31.2 Å². The van der Waals surface area contributed by atoms with Gasteiger partial charge in [0.15, 0.2) is 11.6 Å². The van der Waals surface area contributed by atoms with E-state index < -0.39 is 11.6 Å². The largest absolute Gasteiger partial charge is 0.494 e. The molecule has 4 aromatic carbocycles. The molecule has 1 heterocycles. The minimum absolute atomic E-state index is 0.0690. The number of hydrogen-bond acceptors (Lipinski definition) is 6. The number of nitrogens with one attached hydrogen (secondary N) is 2. The normalized spacial score (nSPS) is 17.7. The first kappa shape index (κ1) is 30.8. The van der Waals surface area contributed by atoms with Gasteiger partial charge in [-0.15, -0.1) is 0 Å². The maximum atomic E-state index is 14.3. The zero-order chi connectivity index (χ0) is 30.1. The second-order valence-electron chi connectivity index (χ2n) is 10.2. The minimum atomic E-state index is -1.33. The van der Waals surface area contributed by atoms with Gasteiger partial charge < -0.3 is 14.6 Å². The summed E-state index contributed by atoms with van der Waals surface area (Å²) in [5.74, 6) is 0.731. The van der Waals surface area contributed by atoms with Gasteiger partial charge in [-0.1, -0.05) is 94.3 Å². The molecule has 0 unspecified atom stereocenters. The zero-order valence-electron chi connectivity index (χ0n) is 23.5. The molecule has 2 atom stereocenters. The Balaban J connectivity index is 1.47. The van der Waals surface area contributed by atoms with Gasteiger partial charge in [-0.3, -0.25) is 10.2 Å². The molecule has 1 aliphatic heterocycles. The zero-order valence-corrected chi connectivity index (χ0v) is 25.9. The highest BCUT2D eigenvalue weighted by Gasteiger charge is 2.53. The van der Waals surface area contributed by atoms with Crippen molar-refractivity contribution >= 4 is 39.3 Å². The molecule has 0 aromatic heterocycles. The van der Waals surface area contributed by atoms with Crippen molar-refractivity contribution in [3.63, 3.8) is 0 Å². The number of rotatable bonds is 13. The van der Waals surface area contributed by atoms with E-state index in [1.165, 1.54) is 0 Å². The fourth-order valence-electron chi connectivity index (χ4n) is 5.00. The van der Waals surface area contributed by atoms with Crippen LogP contribution >= 0.6 is 27.5 Å². The van der Waals surface area contributed by atoms with Gasteiger partial charge in [0.1, 0.15) is 5.75 Å². The second-order valence-corrected chi connectivity index (χ2v) is 11.5. The summed E-state index contributed by atoms with van der Waals surface area (Å²) in [6.07, 6.45) is 0.777. The number of aliphatic hydroxyl groups excluding tert-OH is 1. The third-order valence-corrected chi connectivity index (χ3v) is 8.30. The van der Waals surface area contributed by atoms with Crippen LogP contribution in [0.3, 0.4) is 0 Å². The molecule has 0 radical (unpaired) electrons. The van der Waals surface area contributed by atoms with Gasteiger partial charge in [-0.25, -0.2) is 10.4 Å². The van der Waals surface area contributed by atoms with Crippen LogP contribution < -0.4 is 15.6 Å². The molecular weight excluding hydrogens is 630 g/mol. The first-order valence-electron chi connectivity index (χ1n) is 14.2. The number of carbonyl (C=O) groups is 1. The summed E-state index contributed by atoms with van der Waals surface area (Å²) in [6, 6.07) is 32.6. The monoisotopic (exact) mass is 661 g/mol. The van der Waals surface area contributed by atoms with Gasteiger partial charge in [-0.2, -0.15) is 0 Å². The Morgan fingerprint density at radius 1 is 0.977 bits per heavy atom. The summed E-state index contributed by atoms with van der Waals surface area (Å²) < 4.78 is 13.1. The van der Waals surface area contributed by atoms with Crippen molar-refractivity contribution in [2.75, 3.05) is 19.8 Å². The van der Waals surface area contributed by atoms with E-state index >= 15 is 0 Å². The number of nitrogens with zero attached hydrogens (tertiary/aromatic N) is 1. The summed E-state index contributed by atoms with van der Waals surface area (Å²) in [5, 5.41) is 9.73. The number of benzene rings is 4. The molecule has 222 valence electrons. The van der Waals surface area contributed by atoms with E-state index in [9.17, 15) is 4.79 Å². The van der Waals surface area contributed by atoms with Crippen LogP contribution in [0.1, 0.15) is 34.8 Å². The van der Waals surface area contributed by atoms with E-state index in [0.717, 1.165) is 26.7 Å². The number of hydrogen-bond donors (Lipinski definition) is 3. The molecule has 43 heavy (non-hydrogen) atoms. The molecule has 9 heteroatoms. The van der Waals surface area contributed by atoms with E-state index in [0.29, 0.717) is 49.1 Å². The molecule has 1 amide bonds. The van der Waals surface area contributed by atoms with Gasteiger partial charge in [0, 0.05) is 46.6 Å². The van der Waals surface area contributed by atoms with Crippen LogP contribution in [0.15, 0.2) is 113 Å². The SMILES string of the molecule is O=C(NNCCc1ccccc1Cl)[C@@]1(Cc2ccccc2)N=C(c2ccc(OCCCO)cc2)O[C@H]1c1ccccc1Br. The summed E-state index contributed by atoms with van der Waals surface area (Å²) in [4.78, 5) is 19.3. The van der Waals surface area contributed by atoms with Gasteiger partial charge in [0.2, 0.25) is 5.90 Å². The van der Waals surface area contributed by atoms with Crippen LogP contribution in [-0.4, -0.2) is 42.2 Å². The van der Waals surface area contributed by atoms with E-state index in [1.807, 2.05) is 103 Å². The average molecular weight is 663 g/mol. The Hall–Kier alpha value is -3.69. The molecule has 0 saturated heterocycles. The molecule has 3 N–H and O–H groups in total. The van der Waals surface area contributed by atoms with Crippen LogP contribution in [-0.2, 0) is 22.4 Å². The Kier molecular flexibility index (Phi) is 10.5. The molecule has 4 aromatic rings. The summed E-state index contributed by atoms with van der Waals surface area (Å²) in [6.45, 7) is 0.965. The maximum Gasteiger partial charge on any atom is 0.266 e. The van der Waals surface area contributed by atoms with Gasteiger partial charge in [0.05, 0.1) is 6.61 Å². The van der Waals surface area contributed by atoms with Crippen LogP contribution in [0.5, 0.6) is 5.75 Å². The molecule has 1 aliphatic rings. The third-order valence-electron chi connectivity index (χ3n) is 7.21. The fraction of sp³-hybridized carbons (Fsp3) is 0.235. The second kappa shape index (κ2) is 14.7. The predicted molar refractivity (Wildman–Crippen MR) is 172 cm³/mol. The molecule has 5 rings (SSSR count). The van der Waals surface area contributed by atoms with E-state index in [-0.39, 0.29) is 12.5 Å². The van der Waals surface area contributed by atoms with Crippen molar-refractivity contribution in [1.82, 2.24) is 10.9 Å². The van der Waals surface area contributed by atoms with Crippen LogP contribution in [0.2, 0.25) is 5.02 Å². The molecule has 7 nitrogen and oxygen atoms in total. The van der Waals surface area contributed by atoms with Gasteiger partial charge in [0.25, 0.3) is 5.91 Å². The number of ether oxygens (including phenoxy) is 2. The van der Waals surface area contributed by atoms with E-state index in [1.54, 1.807) is 0 Å². The maximum absolute atomic E-state index is 14.3. The van der Waals surface area contributed by atoms with Crippen LogP contribution in [0, 0.1) is 0 Å². The summed E-state index contributed by atoms with van der Waals surface area (Å²) in [7, 11) is 0. The number of aliphatic imine (C=N–C) groups is 1. The minimum Gasteiger partial charge on any atom is -0.494 e. The Labute approximate surface area is 265 Å². The van der Waals surface area contributed by atoms with Crippen molar-refractivity contribution in [1.29, 1.82) is 0 Å². The van der Waals surface area contributed by atoms with Crippen LogP contribution in [0.25, 0.3) is 0 Å². The standard InChI is InChI=1S/C34H33BrClN3O4/c35-29-13-6-5-12-28(29)31-34(23-24-9-2-1-3-10-24,33(41)39-37-20-19-25-11-4-7-14-30(25)36)38-32(43-31)26-15-17-27(18-16-26)42-22-8-21-40/h1-7,9-18,31,37,40H,8,19-23H2,(H,39,41)/t31-,34-/m0/s1. The summed E-state index contributed by atoms with van der Waals surface area (Å²) in [5.41, 5.74) is 8.17. The highest BCUT2D eigenvalue weighted by molar-refractivity contribution is 9.10. The first-order valence-corrected chi connectivity index (χ1v) is 15.3. The molecular formula is C34H33BrClN3O4. The molecule has 0 aliphatic carbocycles. The van der Waals surface area contributed by atoms with Crippen LogP contribution in [0.4, 0.5) is 0 Å². The number of hydrazine groups is 1. The Bertz CT molecular complexity index is 1550. The van der Waals surface area contributed by atoms with Crippen molar-refractivity contribution in [3.05, 3.63) is 135 Å². The van der Waals surface area contributed by atoms with Gasteiger partial charge >= 0.3 is 0 Å². The topological polar surface area (TPSA) is 92.2 Å². The molecule has 0 bridgehead atoms. The highest BCUT2D eigenvalue weighted by Crippen LogP contribution is 2.44. The predicted octanol–water partition coefficient (Wildman–Crippen LogP) is 6.23. The highest BCUT2D eigenvalue weighted by atomic mass is 79.9. The number of amides is 1. The van der Waals surface area contributed by atoms with Crippen molar-refractivity contribution in [2.24, 2.45) is 4.99 Å². The lowest BCUT2D eigenvalue weighted by atomic mass is 9.82. The average Bonchev–Trinajstić information content (AvgIpc) is 3.41. The lowest BCUT2D eigenvalue weighted by Crippen LogP contribution is -2.54. The Morgan fingerprint density at radius 2 is 1.70 bits per heavy atom. The number of aliphatic hydroxyl groups is 1. The Morgan fingerprint density at radius 3 is 2.44 bits per heavy atom. The van der Waals surface area contributed by atoms with Crippen molar-refractivity contribution in [2.45, 2.75) is 30.9 Å². The van der Waals surface area contributed by atoms with E-state index in [2.05, 4.69) is 26.8 Å². The third kappa shape index (κ3) is 7.46. The smallest absolute Gasteiger partial charge is 0.266 e. The van der Waals surface area contributed by atoms with Crippen molar-refractivity contribution in [3.8, 4) is 5.75 Å². The number of halogens is 2. The van der Waals surface area contributed by atoms with Crippen molar-refractivity contribution < 1.29 is 19.4 Å². The molecule has 0 saturated carbocycles. The lowest BCUT2D eigenvalue weighted by Gasteiger charge is -2.31. The fourth-order valence-corrected chi connectivity index (χ4v) is 5.73. The van der Waals surface area contributed by atoms with Gasteiger partial charge in [-0.05, 0) is 53.9 Å². The first-order chi connectivity index (χ1) is 21.0. The molecule has 0 spiro atoms. The summed E-state index contributed by atoms with van der Waals surface area (Å²) >= 11 is 10.0.